The van der Waals surface area contributed by atoms with Crippen LogP contribution in [0.15, 0.2) is 118 Å². The van der Waals surface area contributed by atoms with Gasteiger partial charge < -0.3 is 8.83 Å². The van der Waals surface area contributed by atoms with Gasteiger partial charge in [0.2, 0.25) is 0 Å². The smallest absolute Gasteiger partial charge is 0.134 e. The predicted octanol–water partition coefficient (Wildman–Crippen LogP) is 7.54. The van der Waals surface area contributed by atoms with Crippen LogP contribution in [0.25, 0.3) is 45.3 Å². The summed E-state index contributed by atoms with van der Waals surface area (Å²) in [6, 6.07) is 36.6. The Labute approximate surface area is 163 Å². The van der Waals surface area contributed by atoms with E-state index in [1.165, 1.54) is 0 Å². The fraction of sp³-hybridized carbons (Fsp3) is 0. The molecule has 0 spiro atoms. The van der Waals surface area contributed by atoms with Gasteiger partial charge in [0.05, 0.1) is 0 Å². The maximum atomic E-state index is 6.04. The quantitative estimate of drug-likeness (QED) is 0.330. The highest BCUT2D eigenvalue weighted by molar-refractivity contribution is 5.69. The Morgan fingerprint density at radius 2 is 0.571 bits per heavy atom. The number of furan rings is 2. The molecule has 0 bridgehead atoms. The van der Waals surface area contributed by atoms with E-state index < -0.39 is 0 Å². The van der Waals surface area contributed by atoms with Gasteiger partial charge >= 0.3 is 0 Å². The zero-order valence-corrected chi connectivity index (χ0v) is 15.2. The van der Waals surface area contributed by atoms with E-state index in [4.69, 9.17) is 8.83 Å². The molecule has 134 valence electrons. The lowest BCUT2D eigenvalue weighted by Gasteiger charge is -2.01. The van der Waals surface area contributed by atoms with E-state index in [0.29, 0.717) is 0 Å². The first-order valence-corrected chi connectivity index (χ1v) is 9.28. The summed E-state index contributed by atoms with van der Waals surface area (Å²) in [5.41, 5.74) is 4.24. The fourth-order valence-electron chi connectivity index (χ4n) is 3.30. The molecule has 0 unspecified atom stereocenters. The zero-order valence-electron chi connectivity index (χ0n) is 15.2. The molecule has 5 aromatic rings. The van der Waals surface area contributed by atoms with Gasteiger partial charge in [-0.25, -0.2) is 0 Å². The predicted molar refractivity (Wildman–Crippen MR) is 113 cm³/mol. The standard InChI is InChI=1S/C26H18O2/c1-3-7-19(8-4-1)23-15-17-25(27-23)21-11-13-22(14-12-21)26-18-16-24(28-26)20-9-5-2-6-10-20/h1-18H. The normalized spacial score (nSPS) is 10.9. The lowest BCUT2D eigenvalue weighted by Crippen LogP contribution is -1.77. The molecular weight excluding hydrogens is 344 g/mol. The van der Waals surface area contributed by atoms with Crippen molar-refractivity contribution in [1.29, 1.82) is 0 Å². The van der Waals surface area contributed by atoms with Crippen molar-refractivity contribution in [3.8, 4) is 45.3 Å². The molecule has 2 nitrogen and oxygen atoms in total. The van der Waals surface area contributed by atoms with Gasteiger partial charge in [0, 0.05) is 22.3 Å². The third-order valence-electron chi connectivity index (χ3n) is 4.78. The van der Waals surface area contributed by atoms with E-state index in [9.17, 15) is 0 Å². The maximum absolute atomic E-state index is 6.04. The summed E-state index contributed by atoms with van der Waals surface area (Å²) in [6.07, 6.45) is 0. The molecule has 0 radical (unpaired) electrons. The SMILES string of the molecule is c1ccc(-c2ccc(-c3ccc(-c4ccc(-c5ccccc5)o4)cc3)o2)cc1. The second-order valence-electron chi connectivity index (χ2n) is 6.64. The molecule has 0 saturated carbocycles. The first kappa shape index (κ1) is 16.4. The summed E-state index contributed by atoms with van der Waals surface area (Å²) in [5, 5.41) is 0. The molecule has 2 aromatic heterocycles. The molecule has 3 aromatic carbocycles. The molecule has 0 aliphatic rings. The molecule has 5 rings (SSSR count). The van der Waals surface area contributed by atoms with Crippen LogP contribution >= 0.6 is 0 Å². The van der Waals surface area contributed by atoms with Crippen LogP contribution < -0.4 is 0 Å². The van der Waals surface area contributed by atoms with Crippen molar-refractivity contribution < 1.29 is 8.83 Å². The third-order valence-corrected chi connectivity index (χ3v) is 4.78. The van der Waals surface area contributed by atoms with E-state index in [0.717, 1.165) is 45.3 Å². The minimum absolute atomic E-state index is 0.856. The molecule has 0 atom stereocenters. The summed E-state index contributed by atoms with van der Waals surface area (Å²) in [5.74, 6) is 3.46. The highest BCUT2D eigenvalue weighted by Gasteiger charge is 2.09. The van der Waals surface area contributed by atoms with Crippen LogP contribution in [0.4, 0.5) is 0 Å². The molecule has 2 heterocycles. The Morgan fingerprint density at radius 3 is 0.893 bits per heavy atom. The first-order valence-electron chi connectivity index (χ1n) is 9.28. The Morgan fingerprint density at radius 1 is 0.286 bits per heavy atom. The summed E-state index contributed by atoms with van der Waals surface area (Å²) >= 11 is 0. The summed E-state index contributed by atoms with van der Waals surface area (Å²) < 4.78 is 12.1. The second-order valence-corrected chi connectivity index (χ2v) is 6.64. The van der Waals surface area contributed by atoms with Crippen LogP contribution in [-0.2, 0) is 0 Å². The van der Waals surface area contributed by atoms with Crippen molar-refractivity contribution >= 4 is 0 Å². The van der Waals surface area contributed by atoms with Gasteiger partial charge in [-0.2, -0.15) is 0 Å². The molecule has 0 aliphatic carbocycles. The third kappa shape index (κ3) is 3.17. The molecule has 0 amide bonds. The molecule has 0 fully saturated rings. The first-order chi connectivity index (χ1) is 13.9. The van der Waals surface area contributed by atoms with Crippen LogP contribution in [-0.4, -0.2) is 0 Å². The van der Waals surface area contributed by atoms with Crippen LogP contribution in [0, 0.1) is 0 Å². The molecule has 0 N–H and O–H groups in total. The van der Waals surface area contributed by atoms with E-state index in [1.54, 1.807) is 0 Å². The average Bonchev–Trinajstić information content (AvgIpc) is 3.46. The topological polar surface area (TPSA) is 26.3 Å². The van der Waals surface area contributed by atoms with Gasteiger partial charge in [-0.1, -0.05) is 84.9 Å². The number of hydrogen-bond donors (Lipinski definition) is 0. The van der Waals surface area contributed by atoms with Gasteiger partial charge in [0.1, 0.15) is 23.0 Å². The fourth-order valence-corrected chi connectivity index (χ4v) is 3.30. The molecule has 0 aliphatic heterocycles. The van der Waals surface area contributed by atoms with E-state index in [2.05, 4.69) is 24.3 Å². The summed E-state index contributed by atoms with van der Waals surface area (Å²) in [7, 11) is 0. The van der Waals surface area contributed by atoms with Crippen LogP contribution in [0.1, 0.15) is 0 Å². The molecule has 0 saturated heterocycles. The summed E-state index contributed by atoms with van der Waals surface area (Å²) in [6.45, 7) is 0. The average molecular weight is 362 g/mol. The van der Waals surface area contributed by atoms with Crippen molar-refractivity contribution in [2.45, 2.75) is 0 Å². The van der Waals surface area contributed by atoms with Crippen LogP contribution in [0.2, 0.25) is 0 Å². The molecular formula is C26H18O2. The Bertz CT molecular complexity index is 1080. The maximum Gasteiger partial charge on any atom is 0.134 e. The minimum Gasteiger partial charge on any atom is -0.456 e. The van der Waals surface area contributed by atoms with Crippen molar-refractivity contribution in [2.75, 3.05) is 0 Å². The van der Waals surface area contributed by atoms with Crippen molar-refractivity contribution in [3.05, 3.63) is 109 Å². The van der Waals surface area contributed by atoms with Gasteiger partial charge in [-0.15, -0.1) is 0 Å². The van der Waals surface area contributed by atoms with Crippen molar-refractivity contribution in [2.24, 2.45) is 0 Å². The highest BCUT2D eigenvalue weighted by atomic mass is 16.3. The van der Waals surface area contributed by atoms with Crippen LogP contribution in [0.5, 0.6) is 0 Å². The van der Waals surface area contributed by atoms with E-state index in [-0.39, 0.29) is 0 Å². The number of benzene rings is 3. The van der Waals surface area contributed by atoms with Crippen LogP contribution in [0.3, 0.4) is 0 Å². The van der Waals surface area contributed by atoms with Gasteiger partial charge in [0.15, 0.2) is 0 Å². The monoisotopic (exact) mass is 362 g/mol. The zero-order chi connectivity index (χ0) is 18.8. The van der Waals surface area contributed by atoms with Gasteiger partial charge in [-0.05, 0) is 24.3 Å². The number of hydrogen-bond acceptors (Lipinski definition) is 2. The Kier molecular flexibility index (Phi) is 4.15. The summed E-state index contributed by atoms with van der Waals surface area (Å²) in [4.78, 5) is 0. The Balaban J connectivity index is 1.40. The van der Waals surface area contributed by atoms with Crippen molar-refractivity contribution in [3.63, 3.8) is 0 Å². The minimum atomic E-state index is 0.856. The largest absolute Gasteiger partial charge is 0.456 e. The molecule has 28 heavy (non-hydrogen) atoms. The lowest BCUT2D eigenvalue weighted by atomic mass is 10.1. The van der Waals surface area contributed by atoms with E-state index >= 15 is 0 Å². The Hall–Kier alpha value is -3.78. The second kappa shape index (κ2) is 7.09. The van der Waals surface area contributed by atoms with Gasteiger partial charge in [0.25, 0.3) is 0 Å². The van der Waals surface area contributed by atoms with Crippen molar-refractivity contribution in [1.82, 2.24) is 0 Å². The van der Waals surface area contributed by atoms with Gasteiger partial charge in [-0.3, -0.25) is 0 Å². The van der Waals surface area contributed by atoms with E-state index in [1.807, 2.05) is 84.9 Å². The lowest BCUT2D eigenvalue weighted by molar-refractivity contribution is 0.595. The number of rotatable bonds is 4. The highest BCUT2D eigenvalue weighted by Crippen LogP contribution is 2.32. The molecule has 2 heteroatoms.